The maximum absolute atomic E-state index is 13.4. The highest BCUT2D eigenvalue weighted by Gasteiger charge is 2.28. The quantitative estimate of drug-likeness (QED) is 0.175. The highest BCUT2D eigenvalue weighted by Crippen LogP contribution is 2.30. The maximum atomic E-state index is 13.4. The lowest BCUT2D eigenvalue weighted by molar-refractivity contribution is -0.119. The zero-order chi connectivity index (χ0) is 29.2. The third-order valence-electron chi connectivity index (χ3n) is 5.50. The molecule has 12 heteroatoms. The number of sulfonamides is 1. The molecule has 0 fully saturated rings. The summed E-state index contributed by atoms with van der Waals surface area (Å²) in [5, 5.41) is 7.30. The van der Waals surface area contributed by atoms with Crippen LogP contribution in [0, 0.1) is 0 Å². The fourth-order valence-electron chi connectivity index (χ4n) is 3.58. The number of benzene rings is 4. The summed E-state index contributed by atoms with van der Waals surface area (Å²) in [5.74, 6) is -0.569. The van der Waals surface area contributed by atoms with Gasteiger partial charge in [-0.05, 0) is 72.3 Å². The molecule has 0 aliphatic carbocycles. The SMILES string of the molecule is O=C(CN(c1ccccc1Cl)S(=O)(=O)c1ccccc1)N/N=C\c1ccc(OCC(=O)Nc2cccc(Cl)c2)cc1. The number of para-hydroxylation sites is 1. The van der Waals surface area contributed by atoms with Crippen molar-refractivity contribution in [3.8, 4) is 5.75 Å². The number of hydrogen-bond donors (Lipinski definition) is 2. The van der Waals surface area contributed by atoms with Crippen LogP contribution >= 0.6 is 23.2 Å². The largest absolute Gasteiger partial charge is 0.484 e. The second-order valence-electron chi connectivity index (χ2n) is 8.49. The molecule has 0 aliphatic heterocycles. The molecule has 2 N–H and O–H groups in total. The van der Waals surface area contributed by atoms with E-state index in [9.17, 15) is 18.0 Å². The van der Waals surface area contributed by atoms with E-state index < -0.39 is 22.5 Å². The fourth-order valence-corrected chi connectivity index (χ4v) is 5.52. The van der Waals surface area contributed by atoms with Crippen molar-refractivity contribution in [1.29, 1.82) is 0 Å². The molecule has 9 nitrogen and oxygen atoms in total. The summed E-state index contributed by atoms with van der Waals surface area (Å²) in [6.07, 6.45) is 1.39. The summed E-state index contributed by atoms with van der Waals surface area (Å²) < 4.78 is 33.1. The van der Waals surface area contributed by atoms with Crippen LogP contribution in [0.3, 0.4) is 0 Å². The molecule has 0 spiro atoms. The van der Waals surface area contributed by atoms with Gasteiger partial charge >= 0.3 is 0 Å². The summed E-state index contributed by atoms with van der Waals surface area (Å²) >= 11 is 12.2. The van der Waals surface area contributed by atoms with Gasteiger partial charge in [0.15, 0.2) is 6.61 Å². The molecule has 0 bridgehead atoms. The van der Waals surface area contributed by atoms with Gasteiger partial charge in [0.05, 0.1) is 21.8 Å². The zero-order valence-electron chi connectivity index (χ0n) is 21.4. The van der Waals surface area contributed by atoms with Gasteiger partial charge in [0.1, 0.15) is 12.3 Å². The molecule has 0 saturated heterocycles. The van der Waals surface area contributed by atoms with Gasteiger partial charge in [-0.3, -0.25) is 13.9 Å². The first-order valence-corrected chi connectivity index (χ1v) is 14.3. The van der Waals surface area contributed by atoms with Crippen molar-refractivity contribution in [2.45, 2.75) is 4.90 Å². The van der Waals surface area contributed by atoms with Crippen molar-refractivity contribution in [2.75, 3.05) is 22.8 Å². The standard InChI is InChI=1S/C29H24Cl2N4O5S/c30-22-7-6-8-23(17-22)33-29(37)20-40-24-15-13-21(14-16-24)18-32-34-28(36)19-35(27-12-5-4-11-26(27)31)41(38,39)25-9-2-1-3-10-25/h1-18H,19-20H2,(H,33,37)(H,34,36)/b32-18-. The predicted octanol–water partition coefficient (Wildman–Crippen LogP) is 5.36. The van der Waals surface area contributed by atoms with E-state index in [1.165, 1.54) is 24.4 Å². The molecule has 0 heterocycles. The number of nitrogens with zero attached hydrogens (tertiary/aromatic N) is 2. The van der Waals surface area contributed by atoms with Gasteiger partial charge in [0.25, 0.3) is 21.8 Å². The first kappa shape index (κ1) is 29.6. The first-order chi connectivity index (χ1) is 19.7. The van der Waals surface area contributed by atoms with E-state index in [0.717, 1.165) is 4.31 Å². The van der Waals surface area contributed by atoms with Gasteiger partial charge in [-0.2, -0.15) is 5.10 Å². The molecular formula is C29H24Cl2N4O5S. The first-order valence-electron chi connectivity index (χ1n) is 12.1. The predicted molar refractivity (Wildman–Crippen MR) is 160 cm³/mol. The topological polar surface area (TPSA) is 117 Å². The van der Waals surface area contributed by atoms with Crippen molar-refractivity contribution < 1.29 is 22.7 Å². The lowest BCUT2D eigenvalue weighted by atomic mass is 10.2. The van der Waals surface area contributed by atoms with Gasteiger partial charge in [0.2, 0.25) is 0 Å². The van der Waals surface area contributed by atoms with Crippen LogP contribution in [-0.2, 0) is 19.6 Å². The second kappa shape index (κ2) is 13.8. The molecule has 210 valence electrons. The highest BCUT2D eigenvalue weighted by molar-refractivity contribution is 7.92. The number of carbonyl (C=O) groups is 2. The Morgan fingerprint density at radius 1 is 0.854 bits per heavy atom. The van der Waals surface area contributed by atoms with Crippen LogP contribution in [0.2, 0.25) is 10.0 Å². The van der Waals surface area contributed by atoms with Crippen molar-refractivity contribution in [3.63, 3.8) is 0 Å². The lowest BCUT2D eigenvalue weighted by Crippen LogP contribution is -2.39. The fraction of sp³-hybridized carbons (Fsp3) is 0.0690. The van der Waals surface area contributed by atoms with Gasteiger partial charge in [-0.1, -0.05) is 59.6 Å². The third-order valence-corrected chi connectivity index (χ3v) is 7.83. The number of anilines is 2. The molecule has 4 rings (SSSR count). The molecule has 2 amide bonds. The Bertz CT molecular complexity index is 1650. The number of hydrazone groups is 1. The summed E-state index contributed by atoms with van der Waals surface area (Å²) in [5.41, 5.74) is 3.69. The Morgan fingerprint density at radius 2 is 1.56 bits per heavy atom. The minimum atomic E-state index is -4.10. The number of halogens is 2. The second-order valence-corrected chi connectivity index (χ2v) is 11.2. The summed E-state index contributed by atoms with van der Waals surface area (Å²) in [6.45, 7) is -0.758. The van der Waals surface area contributed by atoms with Crippen LogP contribution in [0.25, 0.3) is 0 Å². The zero-order valence-corrected chi connectivity index (χ0v) is 23.7. The van der Waals surface area contributed by atoms with Crippen LogP contribution in [0.15, 0.2) is 113 Å². The van der Waals surface area contributed by atoms with E-state index in [1.807, 2.05) is 0 Å². The van der Waals surface area contributed by atoms with E-state index in [4.69, 9.17) is 27.9 Å². The summed E-state index contributed by atoms with van der Waals surface area (Å²) in [4.78, 5) is 24.8. The van der Waals surface area contributed by atoms with Crippen LogP contribution in [0.4, 0.5) is 11.4 Å². The number of ether oxygens (including phenoxy) is 1. The van der Waals surface area contributed by atoms with Crippen molar-refractivity contribution in [2.24, 2.45) is 5.10 Å². The van der Waals surface area contributed by atoms with Gasteiger partial charge in [-0.25, -0.2) is 13.8 Å². The number of hydrogen-bond acceptors (Lipinski definition) is 6. The van der Waals surface area contributed by atoms with Crippen molar-refractivity contribution in [3.05, 3.63) is 119 Å². The molecular weight excluding hydrogens is 587 g/mol. The van der Waals surface area contributed by atoms with Crippen LogP contribution in [0.5, 0.6) is 5.75 Å². The Hall–Kier alpha value is -4.38. The van der Waals surface area contributed by atoms with Crippen LogP contribution in [0.1, 0.15) is 5.56 Å². The van der Waals surface area contributed by atoms with E-state index in [-0.39, 0.29) is 28.1 Å². The van der Waals surface area contributed by atoms with E-state index in [1.54, 1.807) is 84.9 Å². The van der Waals surface area contributed by atoms with Crippen LogP contribution in [-0.4, -0.2) is 39.6 Å². The van der Waals surface area contributed by atoms with E-state index in [0.29, 0.717) is 22.0 Å². The average Bonchev–Trinajstić information content (AvgIpc) is 2.96. The van der Waals surface area contributed by atoms with Crippen molar-refractivity contribution >= 4 is 62.6 Å². The number of rotatable bonds is 11. The monoisotopic (exact) mass is 610 g/mol. The number of carbonyl (C=O) groups excluding carboxylic acids is 2. The van der Waals surface area contributed by atoms with E-state index in [2.05, 4.69) is 15.8 Å². The molecule has 4 aromatic carbocycles. The Kier molecular flexibility index (Phi) is 9.96. The average molecular weight is 612 g/mol. The number of nitrogens with one attached hydrogen (secondary N) is 2. The molecule has 0 unspecified atom stereocenters. The highest BCUT2D eigenvalue weighted by atomic mass is 35.5. The van der Waals surface area contributed by atoms with E-state index >= 15 is 0 Å². The molecule has 4 aromatic rings. The Balaban J connectivity index is 1.34. The molecule has 0 radical (unpaired) electrons. The maximum Gasteiger partial charge on any atom is 0.264 e. The summed E-state index contributed by atoms with van der Waals surface area (Å²) in [6, 6.07) is 27.5. The molecule has 41 heavy (non-hydrogen) atoms. The number of amides is 2. The van der Waals surface area contributed by atoms with Crippen molar-refractivity contribution in [1.82, 2.24) is 5.43 Å². The smallest absolute Gasteiger partial charge is 0.264 e. The third kappa shape index (κ3) is 8.31. The Morgan fingerprint density at radius 3 is 2.27 bits per heavy atom. The molecule has 0 saturated carbocycles. The lowest BCUT2D eigenvalue weighted by Gasteiger charge is -2.24. The van der Waals surface area contributed by atoms with Gasteiger partial charge < -0.3 is 10.1 Å². The minimum Gasteiger partial charge on any atom is -0.484 e. The van der Waals surface area contributed by atoms with Gasteiger partial charge in [-0.15, -0.1) is 0 Å². The summed E-state index contributed by atoms with van der Waals surface area (Å²) in [7, 11) is -4.10. The Labute approximate surface area is 247 Å². The normalized spacial score (nSPS) is 11.2. The molecule has 0 aromatic heterocycles. The molecule has 0 atom stereocenters. The van der Waals surface area contributed by atoms with Gasteiger partial charge in [0, 0.05) is 10.7 Å². The van der Waals surface area contributed by atoms with Crippen LogP contribution < -0.4 is 19.8 Å². The minimum absolute atomic E-state index is 0.0143. The molecule has 0 aliphatic rings.